The highest BCUT2D eigenvalue weighted by molar-refractivity contribution is 7.15. The zero-order valence-electron chi connectivity index (χ0n) is 10.7. The van der Waals surface area contributed by atoms with Crippen LogP contribution in [0.4, 0.5) is 4.39 Å². The first-order chi connectivity index (χ1) is 8.61. The first-order valence-corrected chi connectivity index (χ1v) is 7.05. The van der Waals surface area contributed by atoms with E-state index >= 15 is 0 Å². The molecule has 1 atom stereocenters. The largest absolute Gasteiger partial charge is 0.323 e. The molecular weight excluding hydrogens is 245 g/mol. The van der Waals surface area contributed by atoms with Crippen molar-refractivity contribution in [3.05, 3.63) is 46.6 Å². The molecular formula is C15H18FNS. The number of halogens is 1. The van der Waals surface area contributed by atoms with Crippen molar-refractivity contribution in [1.29, 1.82) is 0 Å². The monoisotopic (exact) mass is 263 g/mol. The Kier molecular flexibility index (Phi) is 4.15. The van der Waals surface area contributed by atoms with Crippen LogP contribution in [0.25, 0.3) is 10.4 Å². The van der Waals surface area contributed by atoms with Gasteiger partial charge in [-0.15, -0.1) is 11.3 Å². The Morgan fingerprint density at radius 3 is 2.72 bits per heavy atom. The third kappa shape index (κ3) is 2.79. The number of nitrogens with two attached hydrogens (primary N) is 1. The molecule has 1 nitrogen and oxygen atoms in total. The summed E-state index contributed by atoms with van der Waals surface area (Å²) in [6.45, 7) is 4.01. The molecule has 3 heteroatoms. The Hall–Kier alpha value is -1.19. The van der Waals surface area contributed by atoms with Crippen molar-refractivity contribution in [2.75, 3.05) is 0 Å². The summed E-state index contributed by atoms with van der Waals surface area (Å²) in [5.74, 6) is -0.160. The molecule has 1 aromatic heterocycles. The first-order valence-electron chi connectivity index (χ1n) is 6.23. The van der Waals surface area contributed by atoms with E-state index < -0.39 is 0 Å². The molecule has 1 heterocycles. The molecule has 0 amide bonds. The second-order valence-electron chi connectivity index (χ2n) is 4.58. The lowest BCUT2D eigenvalue weighted by molar-refractivity contribution is 0.630. The molecule has 0 saturated carbocycles. The first kappa shape index (κ1) is 13.2. The Labute approximate surface area is 111 Å². The minimum absolute atomic E-state index is 0.0715. The van der Waals surface area contributed by atoms with Gasteiger partial charge in [0.1, 0.15) is 5.82 Å². The minimum atomic E-state index is -0.160. The third-order valence-electron chi connectivity index (χ3n) is 2.98. The van der Waals surface area contributed by atoms with E-state index in [1.807, 2.05) is 31.2 Å². The predicted octanol–water partition coefficient (Wildman–Crippen LogP) is 4.66. The zero-order chi connectivity index (χ0) is 13.1. The molecule has 0 saturated heterocycles. The van der Waals surface area contributed by atoms with Crippen LogP contribution >= 0.6 is 11.3 Å². The highest BCUT2D eigenvalue weighted by atomic mass is 32.1. The molecule has 1 aromatic carbocycles. The van der Waals surface area contributed by atoms with Gasteiger partial charge in [-0.05, 0) is 37.1 Å². The summed E-state index contributed by atoms with van der Waals surface area (Å²) in [5, 5.41) is 0. The van der Waals surface area contributed by atoms with Crippen molar-refractivity contribution in [1.82, 2.24) is 0 Å². The number of benzene rings is 1. The third-order valence-corrected chi connectivity index (χ3v) is 4.23. The number of hydrogen-bond acceptors (Lipinski definition) is 2. The van der Waals surface area contributed by atoms with Crippen molar-refractivity contribution in [3.63, 3.8) is 0 Å². The van der Waals surface area contributed by atoms with E-state index in [-0.39, 0.29) is 11.9 Å². The summed E-state index contributed by atoms with van der Waals surface area (Å²) in [7, 11) is 0. The molecule has 2 rings (SSSR count). The maximum Gasteiger partial charge on any atom is 0.132 e. The van der Waals surface area contributed by atoms with Gasteiger partial charge in [0.2, 0.25) is 0 Å². The number of hydrogen-bond donors (Lipinski definition) is 1. The lowest BCUT2D eigenvalue weighted by atomic mass is 10.1. The lowest BCUT2D eigenvalue weighted by Gasteiger charge is -2.06. The molecule has 18 heavy (non-hydrogen) atoms. The normalized spacial score (nSPS) is 12.7. The van der Waals surface area contributed by atoms with E-state index in [0.29, 0.717) is 5.56 Å². The molecule has 96 valence electrons. The molecule has 2 aromatic rings. The zero-order valence-corrected chi connectivity index (χ0v) is 11.6. The van der Waals surface area contributed by atoms with Crippen molar-refractivity contribution < 1.29 is 4.39 Å². The molecule has 0 spiro atoms. The summed E-state index contributed by atoms with van der Waals surface area (Å²) < 4.78 is 13.9. The van der Waals surface area contributed by atoms with Crippen molar-refractivity contribution in [3.8, 4) is 10.4 Å². The maximum atomic E-state index is 13.9. The van der Waals surface area contributed by atoms with E-state index in [1.165, 1.54) is 0 Å². The van der Waals surface area contributed by atoms with Gasteiger partial charge in [0.25, 0.3) is 0 Å². The van der Waals surface area contributed by atoms with Crippen LogP contribution in [-0.2, 0) is 0 Å². The quantitative estimate of drug-likeness (QED) is 0.852. The van der Waals surface area contributed by atoms with E-state index in [9.17, 15) is 4.39 Å². The van der Waals surface area contributed by atoms with E-state index in [2.05, 4.69) is 6.92 Å². The molecule has 0 bridgehead atoms. The van der Waals surface area contributed by atoms with Crippen molar-refractivity contribution in [2.45, 2.75) is 32.7 Å². The molecule has 0 aliphatic heterocycles. The topological polar surface area (TPSA) is 26.0 Å². The second-order valence-corrected chi connectivity index (χ2v) is 5.70. The van der Waals surface area contributed by atoms with Crippen LogP contribution in [0.3, 0.4) is 0 Å². The summed E-state index contributed by atoms with van der Waals surface area (Å²) in [4.78, 5) is 2.08. The van der Waals surface area contributed by atoms with Crippen molar-refractivity contribution >= 4 is 11.3 Å². The Balaban J connectivity index is 2.29. The molecule has 0 aliphatic carbocycles. The summed E-state index contributed by atoms with van der Waals surface area (Å²) >= 11 is 1.59. The number of rotatable bonds is 4. The Morgan fingerprint density at radius 1 is 1.28 bits per heavy atom. The summed E-state index contributed by atoms with van der Waals surface area (Å²) in [5.41, 5.74) is 7.68. The van der Waals surface area contributed by atoms with Gasteiger partial charge < -0.3 is 5.73 Å². The second kappa shape index (κ2) is 5.63. The van der Waals surface area contributed by atoms with Gasteiger partial charge in [0, 0.05) is 21.4 Å². The SMILES string of the molecule is CCCC(N)c1ccc(-c2ccc(C)cc2F)s1. The Bertz CT molecular complexity index is 533. The molecule has 0 radical (unpaired) electrons. The molecule has 1 unspecified atom stereocenters. The molecule has 2 N–H and O–H groups in total. The number of aryl methyl sites for hydroxylation is 1. The summed E-state index contributed by atoms with van der Waals surface area (Å²) in [6.07, 6.45) is 2.03. The van der Waals surface area contributed by atoms with Crippen LogP contribution in [0.2, 0.25) is 0 Å². The fourth-order valence-corrected chi connectivity index (χ4v) is 3.04. The van der Waals surface area contributed by atoms with E-state index in [0.717, 1.165) is 28.2 Å². The fraction of sp³-hybridized carbons (Fsp3) is 0.333. The average Bonchev–Trinajstić information content (AvgIpc) is 2.78. The van der Waals surface area contributed by atoms with Gasteiger partial charge in [0.15, 0.2) is 0 Å². The lowest BCUT2D eigenvalue weighted by Crippen LogP contribution is -2.07. The van der Waals surface area contributed by atoms with E-state index in [4.69, 9.17) is 5.73 Å². The van der Waals surface area contributed by atoms with Crippen LogP contribution < -0.4 is 5.73 Å². The Morgan fingerprint density at radius 2 is 2.06 bits per heavy atom. The van der Waals surface area contributed by atoms with Crippen LogP contribution in [0, 0.1) is 12.7 Å². The highest BCUT2D eigenvalue weighted by Crippen LogP contribution is 2.33. The predicted molar refractivity (Wildman–Crippen MR) is 76.3 cm³/mol. The van der Waals surface area contributed by atoms with Gasteiger partial charge in [-0.25, -0.2) is 4.39 Å². The smallest absolute Gasteiger partial charge is 0.132 e. The van der Waals surface area contributed by atoms with Gasteiger partial charge in [-0.1, -0.05) is 25.5 Å². The van der Waals surface area contributed by atoms with Gasteiger partial charge in [0.05, 0.1) is 0 Å². The van der Waals surface area contributed by atoms with Crippen LogP contribution in [-0.4, -0.2) is 0 Å². The molecule has 0 aliphatic rings. The van der Waals surface area contributed by atoms with Crippen LogP contribution in [0.15, 0.2) is 30.3 Å². The van der Waals surface area contributed by atoms with Crippen LogP contribution in [0.5, 0.6) is 0 Å². The maximum absolute atomic E-state index is 13.9. The highest BCUT2D eigenvalue weighted by Gasteiger charge is 2.11. The molecule has 0 fully saturated rings. The van der Waals surface area contributed by atoms with E-state index in [1.54, 1.807) is 17.4 Å². The van der Waals surface area contributed by atoms with Gasteiger partial charge in [-0.3, -0.25) is 0 Å². The van der Waals surface area contributed by atoms with Gasteiger partial charge in [-0.2, -0.15) is 0 Å². The van der Waals surface area contributed by atoms with Crippen LogP contribution in [0.1, 0.15) is 36.2 Å². The average molecular weight is 263 g/mol. The van der Waals surface area contributed by atoms with Gasteiger partial charge >= 0.3 is 0 Å². The van der Waals surface area contributed by atoms with Crippen molar-refractivity contribution in [2.24, 2.45) is 5.73 Å². The standard InChI is InChI=1S/C15H18FNS/c1-3-4-13(17)15-8-7-14(18-15)11-6-5-10(2)9-12(11)16/h5-9,13H,3-4,17H2,1-2H3. The minimum Gasteiger partial charge on any atom is -0.323 e. The fourth-order valence-electron chi connectivity index (χ4n) is 1.97. The number of thiophene rings is 1. The summed E-state index contributed by atoms with van der Waals surface area (Å²) in [6, 6.07) is 9.39.